The minimum Gasteiger partial charge on any atom is -0.469 e. The molecule has 1 heterocycles. The molecule has 96 valence electrons. The molecule has 1 atom stereocenters. The van der Waals surface area contributed by atoms with E-state index in [-0.39, 0.29) is 24.4 Å². The first-order valence-corrected chi connectivity index (χ1v) is 6.15. The van der Waals surface area contributed by atoms with Gasteiger partial charge in [0.25, 0.3) is 0 Å². The van der Waals surface area contributed by atoms with Crippen molar-refractivity contribution in [1.82, 2.24) is 4.90 Å². The van der Waals surface area contributed by atoms with Gasteiger partial charge in [0.15, 0.2) is 0 Å². The molecule has 1 aliphatic carbocycles. The molecule has 1 saturated carbocycles. The predicted octanol–water partition coefficient (Wildman–Crippen LogP) is 0.577. The average molecular weight is 241 g/mol. The number of carbonyl (C=O) groups is 2. The summed E-state index contributed by atoms with van der Waals surface area (Å²) >= 11 is 0. The number of carbonyl (C=O) groups excluding carboxylic acids is 2. The lowest BCUT2D eigenvalue weighted by atomic mass is 10.2. The molecule has 1 aliphatic heterocycles. The second-order valence-corrected chi connectivity index (χ2v) is 4.76. The molecule has 0 aromatic carbocycles. The molecule has 1 saturated heterocycles. The van der Waals surface area contributed by atoms with E-state index >= 15 is 0 Å². The Kier molecular flexibility index (Phi) is 3.99. The number of nitrogens with zero attached hydrogens (tertiary/aromatic N) is 1. The second kappa shape index (κ2) is 5.49. The highest BCUT2D eigenvalue weighted by atomic mass is 16.5. The van der Waals surface area contributed by atoms with Crippen molar-refractivity contribution in [3.8, 4) is 0 Å². The molecular formula is C12H19NO4. The third-order valence-corrected chi connectivity index (χ3v) is 3.27. The summed E-state index contributed by atoms with van der Waals surface area (Å²) in [6.07, 6.45) is 3.04. The van der Waals surface area contributed by atoms with Crippen LogP contribution in [0.5, 0.6) is 0 Å². The monoisotopic (exact) mass is 241 g/mol. The third kappa shape index (κ3) is 3.70. The molecule has 5 nitrogen and oxygen atoms in total. The van der Waals surface area contributed by atoms with Crippen LogP contribution in [0.4, 0.5) is 0 Å². The molecule has 2 aliphatic rings. The summed E-state index contributed by atoms with van der Waals surface area (Å²) < 4.78 is 10.1. The topological polar surface area (TPSA) is 55.8 Å². The van der Waals surface area contributed by atoms with Gasteiger partial charge in [0.05, 0.1) is 26.2 Å². The standard InChI is InChI=1S/C12H19NO4/c1-16-12(15)7-10-8-13(4-5-17-10)11(14)6-9-2-3-9/h9-10H,2-8H2,1H3. The number of esters is 1. The van der Waals surface area contributed by atoms with Gasteiger partial charge in [0.1, 0.15) is 0 Å². The van der Waals surface area contributed by atoms with Gasteiger partial charge in [0.2, 0.25) is 5.91 Å². The molecule has 1 amide bonds. The minimum atomic E-state index is -0.286. The maximum Gasteiger partial charge on any atom is 0.308 e. The summed E-state index contributed by atoms with van der Waals surface area (Å²) in [5, 5.41) is 0. The lowest BCUT2D eigenvalue weighted by Crippen LogP contribution is -2.46. The highest BCUT2D eigenvalue weighted by Gasteiger charge is 2.30. The van der Waals surface area contributed by atoms with E-state index in [2.05, 4.69) is 4.74 Å². The van der Waals surface area contributed by atoms with Crippen LogP contribution in [-0.4, -0.2) is 49.7 Å². The van der Waals surface area contributed by atoms with Crippen LogP contribution in [0.25, 0.3) is 0 Å². The number of morpholine rings is 1. The molecule has 1 unspecified atom stereocenters. The first kappa shape index (κ1) is 12.4. The van der Waals surface area contributed by atoms with Crippen LogP contribution in [0.3, 0.4) is 0 Å². The molecule has 17 heavy (non-hydrogen) atoms. The van der Waals surface area contributed by atoms with Crippen molar-refractivity contribution in [2.24, 2.45) is 5.92 Å². The maximum absolute atomic E-state index is 11.9. The summed E-state index contributed by atoms with van der Waals surface area (Å²) in [5.41, 5.74) is 0. The number of hydrogen-bond acceptors (Lipinski definition) is 4. The summed E-state index contributed by atoms with van der Waals surface area (Å²) in [6.45, 7) is 1.67. The SMILES string of the molecule is COC(=O)CC1CN(C(=O)CC2CC2)CCO1. The van der Waals surface area contributed by atoms with Crippen LogP contribution < -0.4 is 0 Å². The lowest BCUT2D eigenvalue weighted by molar-refractivity contribution is -0.150. The van der Waals surface area contributed by atoms with Crippen molar-refractivity contribution in [3.63, 3.8) is 0 Å². The summed E-state index contributed by atoms with van der Waals surface area (Å²) in [4.78, 5) is 24.9. The van der Waals surface area contributed by atoms with Gasteiger partial charge in [0, 0.05) is 19.5 Å². The van der Waals surface area contributed by atoms with Gasteiger partial charge < -0.3 is 14.4 Å². The third-order valence-electron chi connectivity index (χ3n) is 3.27. The van der Waals surface area contributed by atoms with E-state index in [0.717, 1.165) is 0 Å². The van der Waals surface area contributed by atoms with Crippen LogP contribution in [-0.2, 0) is 19.1 Å². The number of hydrogen-bond donors (Lipinski definition) is 0. The second-order valence-electron chi connectivity index (χ2n) is 4.76. The Balaban J connectivity index is 1.78. The van der Waals surface area contributed by atoms with Crippen LogP contribution >= 0.6 is 0 Å². The molecular weight excluding hydrogens is 222 g/mol. The molecule has 0 bridgehead atoms. The zero-order chi connectivity index (χ0) is 12.3. The van der Waals surface area contributed by atoms with Crippen molar-refractivity contribution in [2.45, 2.75) is 31.8 Å². The van der Waals surface area contributed by atoms with E-state index in [1.165, 1.54) is 20.0 Å². The fraction of sp³-hybridized carbons (Fsp3) is 0.833. The normalized spacial score (nSPS) is 24.5. The fourth-order valence-electron chi connectivity index (χ4n) is 2.04. The van der Waals surface area contributed by atoms with Gasteiger partial charge >= 0.3 is 5.97 Å². The molecule has 2 rings (SSSR count). The molecule has 0 aromatic heterocycles. The Bertz CT molecular complexity index is 301. The summed E-state index contributed by atoms with van der Waals surface area (Å²) in [7, 11) is 1.36. The van der Waals surface area contributed by atoms with Gasteiger partial charge in [-0.05, 0) is 18.8 Å². The zero-order valence-electron chi connectivity index (χ0n) is 10.2. The largest absolute Gasteiger partial charge is 0.469 e. The molecule has 0 spiro atoms. The molecule has 2 fully saturated rings. The van der Waals surface area contributed by atoms with Crippen molar-refractivity contribution < 1.29 is 19.1 Å². The van der Waals surface area contributed by atoms with Crippen LogP contribution in [0.15, 0.2) is 0 Å². The Hall–Kier alpha value is -1.10. The molecule has 0 N–H and O–H groups in total. The zero-order valence-corrected chi connectivity index (χ0v) is 10.2. The van der Waals surface area contributed by atoms with E-state index in [1.54, 1.807) is 0 Å². The van der Waals surface area contributed by atoms with Crippen LogP contribution in [0.2, 0.25) is 0 Å². The van der Waals surface area contributed by atoms with E-state index in [1.807, 2.05) is 4.90 Å². The van der Waals surface area contributed by atoms with Gasteiger partial charge in [-0.3, -0.25) is 9.59 Å². The van der Waals surface area contributed by atoms with E-state index in [9.17, 15) is 9.59 Å². The van der Waals surface area contributed by atoms with E-state index in [0.29, 0.717) is 32.0 Å². The molecule has 0 aromatic rings. The maximum atomic E-state index is 11.9. The number of methoxy groups -OCH3 is 1. The summed E-state index contributed by atoms with van der Waals surface area (Å²) in [6, 6.07) is 0. The Morgan fingerprint density at radius 3 is 2.76 bits per heavy atom. The molecule has 0 radical (unpaired) electrons. The van der Waals surface area contributed by atoms with Crippen molar-refractivity contribution >= 4 is 11.9 Å². The summed E-state index contributed by atoms with van der Waals surface area (Å²) in [5.74, 6) is 0.515. The smallest absolute Gasteiger partial charge is 0.308 e. The highest BCUT2D eigenvalue weighted by Crippen LogP contribution is 2.33. The molecule has 5 heteroatoms. The van der Waals surface area contributed by atoms with Gasteiger partial charge in [-0.2, -0.15) is 0 Å². The van der Waals surface area contributed by atoms with Gasteiger partial charge in [-0.1, -0.05) is 0 Å². The quantitative estimate of drug-likeness (QED) is 0.675. The minimum absolute atomic E-state index is 0.200. The van der Waals surface area contributed by atoms with Gasteiger partial charge in [-0.25, -0.2) is 0 Å². The first-order chi connectivity index (χ1) is 8.19. The van der Waals surface area contributed by atoms with Crippen molar-refractivity contribution in [2.75, 3.05) is 26.8 Å². The number of amides is 1. The Morgan fingerprint density at radius 1 is 1.35 bits per heavy atom. The fourth-order valence-corrected chi connectivity index (χ4v) is 2.04. The van der Waals surface area contributed by atoms with Crippen molar-refractivity contribution in [1.29, 1.82) is 0 Å². The highest BCUT2D eigenvalue weighted by molar-refractivity contribution is 5.77. The van der Waals surface area contributed by atoms with Crippen molar-refractivity contribution in [3.05, 3.63) is 0 Å². The number of rotatable bonds is 4. The number of ether oxygens (including phenoxy) is 2. The average Bonchev–Trinajstić information content (AvgIpc) is 3.13. The Morgan fingerprint density at radius 2 is 2.12 bits per heavy atom. The lowest BCUT2D eigenvalue weighted by Gasteiger charge is -2.32. The predicted molar refractivity (Wildman–Crippen MR) is 60.3 cm³/mol. The van der Waals surface area contributed by atoms with Crippen LogP contribution in [0.1, 0.15) is 25.7 Å². The van der Waals surface area contributed by atoms with E-state index in [4.69, 9.17) is 4.74 Å². The van der Waals surface area contributed by atoms with Gasteiger partial charge in [-0.15, -0.1) is 0 Å². The van der Waals surface area contributed by atoms with E-state index < -0.39 is 0 Å². The first-order valence-electron chi connectivity index (χ1n) is 6.15. The Labute approximate surface area is 101 Å². The van der Waals surface area contributed by atoms with Crippen LogP contribution in [0, 0.1) is 5.92 Å².